The monoisotopic (exact) mass is 339 g/mol. The molecule has 0 unspecified atom stereocenters. The molecule has 23 heavy (non-hydrogen) atoms. The van der Waals surface area contributed by atoms with Gasteiger partial charge >= 0.3 is 6.03 Å². The Morgan fingerprint density at radius 1 is 1.17 bits per heavy atom. The summed E-state index contributed by atoms with van der Waals surface area (Å²) in [5.41, 5.74) is 1.13. The van der Waals surface area contributed by atoms with Crippen LogP contribution >= 0.6 is 0 Å². The number of carbonyl (C=O) groups excluding carboxylic acids is 1. The molecule has 0 heterocycles. The van der Waals surface area contributed by atoms with E-state index in [1.807, 2.05) is 0 Å². The SMILES string of the molecule is Cc1ccc(NC(=O)NC2CCCCC2)cc1S(=O)(=O)N(C)C. The number of hydrogen-bond donors (Lipinski definition) is 2. The molecule has 2 rings (SSSR count). The molecular formula is C16H25N3O3S. The van der Waals surface area contributed by atoms with Gasteiger partial charge in [-0.05, 0) is 37.5 Å². The van der Waals surface area contributed by atoms with Crippen molar-refractivity contribution in [1.82, 2.24) is 9.62 Å². The fraction of sp³-hybridized carbons (Fsp3) is 0.562. The minimum absolute atomic E-state index is 0.206. The van der Waals surface area contributed by atoms with Gasteiger partial charge in [0.05, 0.1) is 4.90 Å². The first kappa shape index (κ1) is 17.7. The van der Waals surface area contributed by atoms with Crippen molar-refractivity contribution in [2.24, 2.45) is 0 Å². The van der Waals surface area contributed by atoms with Crippen molar-refractivity contribution in [2.45, 2.75) is 50.0 Å². The Balaban J connectivity index is 2.10. The second-order valence-corrected chi connectivity index (χ2v) is 8.32. The quantitative estimate of drug-likeness (QED) is 0.885. The van der Waals surface area contributed by atoms with E-state index in [2.05, 4.69) is 10.6 Å². The van der Waals surface area contributed by atoms with Crippen molar-refractivity contribution in [3.63, 3.8) is 0 Å². The molecule has 0 bridgehead atoms. The zero-order chi connectivity index (χ0) is 17.0. The van der Waals surface area contributed by atoms with Gasteiger partial charge in [0.15, 0.2) is 0 Å². The van der Waals surface area contributed by atoms with Crippen LogP contribution in [-0.4, -0.2) is 38.9 Å². The minimum Gasteiger partial charge on any atom is -0.335 e. The molecule has 1 aromatic carbocycles. The van der Waals surface area contributed by atoms with E-state index >= 15 is 0 Å². The Bertz CT molecular complexity index is 665. The lowest BCUT2D eigenvalue weighted by Crippen LogP contribution is -2.39. The summed E-state index contributed by atoms with van der Waals surface area (Å²) >= 11 is 0. The molecule has 128 valence electrons. The van der Waals surface area contributed by atoms with Gasteiger partial charge in [0, 0.05) is 25.8 Å². The number of aryl methyl sites for hydroxylation is 1. The van der Waals surface area contributed by atoms with Crippen LogP contribution in [0.4, 0.5) is 10.5 Å². The molecule has 1 saturated carbocycles. The molecule has 0 aromatic heterocycles. The lowest BCUT2D eigenvalue weighted by molar-refractivity contribution is 0.244. The third-order valence-electron chi connectivity index (χ3n) is 4.15. The molecule has 0 saturated heterocycles. The summed E-state index contributed by atoms with van der Waals surface area (Å²) in [6, 6.07) is 4.84. The van der Waals surface area contributed by atoms with Gasteiger partial charge in [0.1, 0.15) is 0 Å². The van der Waals surface area contributed by atoms with E-state index in [0.717, 1.165) is 25.7 Å². The summed E-state index contributed by atoms with van der Waals surface area (Å²) in [6.07, 6.45) is 5.51. The molecule has 0 spiro atoms. The highest BCUT2D eigenvalue weighted by Gasteiger charge is 2.21. The Labute approximate surface area is 138 Å². The summed E-state index contributed by atoms with van der Waals surface area (Å²) in [6.45, 7) is 1.74. The third-order valence-corrected chi connectivity index (χ3v) is 6.10. The van der Waals surface area contributed by atoms with Gasteiger partial charge in [-0.1, -0.05) is 25.3 Å². The average molecular weight is 339 g/mol. The number of nitrogens with zero attached hydrogens (tertiary/aromatic N) is 1. The van der Waals surface area contributed by atoms with Gasteiger partial charge < -0.3 is 10.6 Å². The first-order chi connectivity index (χ1) is 10.8. The maximum Gasteiger partial charge on any atom is 0.319 e. The molecule has 7 heteroatoms. The number of hydrogen-bond acceptors (Lipinski definition) is 3. The summed E-state index contributed by atoms with van der Waals surface area (Å²) in [4.78, 5) is 12.3. The number of urea groups is 1. The molecule has 0 radical (unpaired) electrons. The zero-order valence-electron chi connectivity index (χ0n) is 13.9. The number of benzene rings is 1. The first-order valence-electron chi connectivity index (χ1n) is 7.91. The van der Waals surface area contributed by atoms with Crippen LogP contribution in [0, 0.1) is 6.92 Å². The van der Waals surface area contributed by atoms with E-state index in [9.17, 15) is 13.2 Å². The fourth-order valence-corrected chi connectivity index (χ4v) is 3.90. The Hall–Kier alpha value is -1.60. The van der Waals surface area contributed by atoms with E-state index in [1.54, 1.807) is 19.1 Å². The van der Waals surface area contributed by atoms with Crippen LogP contribution in [0.2, 0.25) is 0 Å². The number of carbonyl (C=O) groups is 1. The van der Waals surface area contributed by atoms with Crippen molar-refractivity contribution >= 4 is 21.7 Å². The van der Waals surface area contributed by atoms with Crippen LogP contribution in [-0.2, 0) is 10.0 Å². The predicted molar refractivity (Wildman–Crippen MR) is 91.1 cm³/mol. The highest BCUT2D eigenvalue weighted by Crippen LogP contribution is 2.22. The van der Waals surface area contributed by atoms with Gasteiger partial charge in [-0.25, -0.2) is 17.5 Å². The van der Waals surface area contributed by atoms with Crippen molar-refractivity contribution in [3.05, 3.63) is 23.8 Å². The van der Waals surface area contributed by atoms with Crippen LogP contribution in [0.25, 0.3) is 0 Å². The summed E-state index contributed by atoms with van der Waals surface area (Å²) < 4.78 is 25.8. The zero-order valence-corrected chi connectivity index (χ0v) is 14.7. The normalized spacial score (nSPS) is 16.3. The molecule has 1 aliphatic rings. The van der Waals surface area contributed by atoms with Gasteiger partial charge in [-0.3, -0.25) is 0 Å². The number of anilines is 1. The lowest BCUT2D eigenvalue weighted by Gasteiger charge is -2.23. The largest absolute Gasteiger partial charge is 0.335 e. The van der Waals surface area contributed by atoms with Crippen LogP contribution in [0.1, 0.15) is 37.7 Å². The van der Waals surface area contributed by atoms with Gasteiger partial charge in [-0.15, -0.1) is 0 Å². The number of amides is 2. The molecule has 0 atom stereocenters. The van der Waals surface area contributed by atoms with Gasteiger partial charge in [0.2, 0.25) is 10.0 Å². The molecule has 1 aliphatic carbocycles. The van der Waals surface area contributed by atoms with Crippen molar-refractivity contribution in [3.8, 4) is 0 Å². The Morgan fingerprint density at radius 2 is 1.83 bits per heavy atom. The molecule has 0 aliphatic heterocycles. The van der Waals surface area contributed by atoms with E-state index in [-0.39, 0.29) is 17.0 Å². The summed E-state index contributed by atoms with van der Waals surface area (Å²) in [5.74, 6) is 0. The maximum atomic E-state index is 12.3. The van der Waals surface area contributed by atoms with E-state index < -0.39 is 10.0 Å². The second kappa shape index (κ2) is 7.31. The van der Waals surface area contributed by atoms with Crippen LogP contribution in [0.5, 0.6) is 0 Å². The second-order valence-electron chi connectivity index (χ2n) is 6.20. The lowest BCUT2D eigenvalue weighted by atomic mass is 9.96. The van der Waals surface area contributed by atoms with Gasteiger partial charge in [0.25, 0.3) is 0 Å². The molecule has 2 N–H and O–H groups in total. The molecule has 2 amide bonds. The highest BCUT2D eigenvalue weighted by atomic mass is 32.2. The highest BCUT2D eigenvalue weighted by molar-refractivity contribution is 7.89. The number of nitrogens with one attached hydrogen (secondary N) is 2. The average Bonchev–Trinajstić information content (AvgIpc) is 2.49. The minimum atomic E-state index is -3.53. The topological polar surface area (TPSA) is 78.5 Å². The third kappa shape index (κ3) is 4.45. The Kier molecular flexibility index (Phi) is 5.64. The maximum absolute atomic E-state index is 12.3. The first-order valence-corrected chi connectivity index (χ1v) is 9.35. The van der Waals surface area contributed by atoms with E-state index in [0.29, 0.717) is 11.3 Å². The molecule has 1 aromatic rings. The van der Waals surface area contributed by atoms with Crippen molar-refractivity contribution in [1.29, 1.82) is 0 Å². The van der Waals surface area contributed by atoms with Crippen LogP contribution < -0.4 is 10.6 Å². The summed E-state index contributed by atoms with van der Waals surface area (Å²) in [5, 5.41) is 5.69. The molecule has 1 fully saturated rings. The fourth-order valence-electron chi connectivity index (χ4n) is 2.75. The van der Waals surface area contributed by atoms with Gasteiger partial charge in [-0.2, -0.15) is 0 Å². The number of rotatable bonds is 4. The summed E-state index contributed by atoms with van der Waals surface area (Å²) in [7, 11) is -0.550. The van der Waals surface area contributed by atoms with E-state index in [1.165, 1.54) is 30.9 Å². The Morgan fingerprint density at radius 3 is 2.43 bits per heavy atom. The van der Waals surface area contributed by atoms with Crippen molar-refractivity contribution < 1.29 is 13.2 Å². The standard InChI is InChI=1S/C16H25N3O3S/c1-12-9-10-14(11-15(12)23(21,22)19(2)3)18-16(20)17-13-7-5-4-6-8-13/h9-11,13H,4-8H2,1-3H3,(H2,17,18,20). The molecule has 6 nitrogen and oxygen atoms in total. The van der Waals surface area contributed by atoms with Crippen LogP contribution in [0.3, 0.4) is 0 Å². The van der Waals surface area contributed by atoms with Crippen LogP contribution in [0.15, 0.2) is 23.1 Å². The smallest absolute Gasteiger partial charge is 0.319 e. The molecular weight excluding hydrogens is 314 g/mol. The van der Waals surface area contributed by atoms with E-state index in [4.69, 9.17) is 0 Å². The predicted octanol–water partition coefficient (Wildman–Crippen LogP) is 2.70. The van der Waals surface area contributed by atoms with Crippen molar-refractivity contribution in [2.75, 3.05) is 19.4 Å². The number of sulfonamides is 1.